The van der Waals surface area contributed by atoms with Gasteiger partial charge in [0, 0.05) is 18.0 Å². The smallest absolute Gasteiger partial charge is 0.162 e. The number of aromatic nitrogens is 3. The van der Waals surface area contributed by atoms with Crippen LogP contribution in [0, 0.1) is 12.7 Å². The van der Waals surface area contributed by atoms with E-state index in [9.17, 15) is 4.39 Å². The van der Waals surface area contributed by atoms with Gasteiger partial charge in [-0.15, -0.1) is 0 Å². The van der Waals surface area contributed by atoms with Crippen LogP contribution in [0.1, 0.15) is 37.3 Å². The van der Waals surface area contributed by atoms with Gasteiger partial charge in [-0.2, -0.15) is 5.10 Å². The third kappa shape index (κ3) is 6.71. The van der Waals surface area contributed by atoms with Crippen molar-refractivity contribution in [2.45, 2.75) is 45.6 Å². The minimum Gasteiger partial charge on any atom is -0.488 e. The number of hydrogen-bond donors (Lipinski definition) is 2. The van der Waals surface area contributed by atoms with Gasteiger partial charge in [0.05, 0.1) is 11.1 Å². The van der Waals surface area contributed by atoms with Crippen LogP contribution in [0.15, 0.2) is 61.1 Å². The van der Waals surface area contributed by atoms with E-state index in [1.165, 1.54) is 29.6 Å². The van der Waals surface area contributed by atoms with Crippen molar-refractivity contribution in [1.82, 2.24) is 19.9 Å². The standard InChI is InChI=1S/C27H31ClFN5O/c1-3-22(5-4-14-30-15-12-20-8-6-19(2)7-9-20)35-25-13-16-34-26(25)27(31-18-32-34)33-21-10-11-24(29)23(28)17-21/h6-11,13,16-18,22,30H,3-5,12,14-15H2,1-2H3,(H,31,32,33). The molecular formula is C27H31ClFN5O. The van der Waals surface area contributed by atoms with Gasteiger partial charge in [-0.1, -0.05) is 48.4 Å². The fourth-order valence-electron chi connectivity index (χ4n) is 3.92. The third-order valence-electron chi connectivity index (χ3n) is 5.94. The summed E-state index contributed by atoms with van der Waals surface area (Å²) < 4.78 is 21.6. The Hall–Kier alpha value is -3.16. The molecule has 184 valence electrons. The SMILES string of the molecule is CCC(CCCNCCc1ccc(C)cc1)Oc1ccn2ncnc(Nc3ccc(F)c(Cl)c3)c12. The zero-order valence-electron chi connectivity index (χ0n) is 20.1. The van der Waals surface area contributed by atoms with Gasteiger partial charge in [-0.05, 0) is 69.5 Å². The van der Waals surface area contributed by atoms with Gasteiger partial charge in [0.1, 0.15) is 17.7 Å². The monoisotopic (exact) mass is 495 g/mol. The van der Waals surface area contributed by atoms with E-state index in [0.717, 1.165) is 44.3 Å². The van der Waals surface area contributed by atoms with Crippen molar-refractivity contribution in [2.75, 3.05) is 18.4 Å². The van der Waals surface area contributed by atoms with Gasteiger partial charge in [-0.3, -0.25) is 0 Å². The summed E-state index contributed by atoms with van der Waals surface area (Å²) in [5, 5.41) is 11.1. The van der Waals surface area contributed by atoms with E-state index in [1.807, 2.05) is 12.3 Å². The van der Waals surface area contributed by atoms with Gasteiger partial charge in [0.15, 0.2) is 11.6 Å². The van der Waals surface area contributed by atoms with Crippen molar-refractivity contribution >= 4 is 28.6 Å². The number of benzene rings is 2. The lowest BCUT2D eigenvalue weighted by atomic mass is 10.1. The Morgan fingerprint density at radius 2 is 1.94 bits per heavy atom. The first kappa shape index (κ1) is 24.9. The lowest BCUT2D eigenvalue weighted by Gasteiger charge is -2.18. The van der Waals surface area contributed by atoms with Crippen LogP contribution in [0.5, 0.6) is 5.75 Å². The lowest BCUT2D eigenvalue weighted by molar-refractivity contribution is 0.186. The molecule has 6 nitrogen and oxygen atoms in total. The number of nitrogens with one attached hydrogen (secondary N) is 2. The first-order chi connectivity index (χ1) is 17.0. The molecule has 0 fully saturated rings. The molecule has 4 aromatic rings. The second-order valence-corrected chi connectivity index (χ2v) is 9.02. The molecule has 2 heterocycles. The fraction of sp³-hybridized carbons (Fsp3) is 0.333. The Morgan fingerprint density at radius 1 is 1.11 bits per heavy atom. The summed E-state index contributed by atoms with van der Waals surface area (Å²) in [6.45, 7) is 6.15. The zero-order chi connectivity index (χ0) is 24.6. The van der Waals surface area contributed by atoms with Gasteiger partial charge >= 0.3 is 0 Å². The molecule has 1 atom stereocenters. The Labute approximate surface area is 210 Å². The highest BCUT2D eigenvalue weighted by atomic mass is 35.5. The lowest BCUT2D eigenvalue weighted by Crippen LogP contribution is -2.22. The van der Waals surface area contributed by atoms with Crippen LogP contribution in [0.4, 0.5) is 15.9 Å². The maximum absolute atomic E-state index is 13.5. The molecule has 35 heavy (non-hydrogen) atoms. The molecule has 8 heteroatoms. The van der Waals surface area contributed by atoms with Crippen molar-refractivity contribution in [2.24, 2.45) is 0 Å². The highest BCUT2D eigenvalue weighted by Crippen LogP contribution is 2.31. The molecule has 2 N–H and O–H groups in total. The Balaban J connectivity index is 1.32. The van der Waals surface area contributed by atoms with E-state index in [1.54, 1.807) is 10.6 Å². The normalized spacial score (nSPS) is 12.1. The number of aryl methyl sites for hydroxylation is 1. The Kier molecular flexibility index (Phi) is 8.55. The molecule has 4 rings (SSSR count). The van der Waals surface area contributed by atoms with Crippen molar-refractivity contribution in [3.05, 3.63) is 83.0 Å². The van der Waals surface area contributed by atoms with E-state index < -0.39 is 5.82 Å². The zero-order valence-corrected chi connectivity index (χ0v) is 20.9. The summed E-state index contributed by atoms with van der Waals surface area (Å²) in [6, 6.07) is 15.1. The van der Waals surface area contributed by atoms with Crippen LogP contribution in [0.2, 0.25) is 5.02 Å². The number of nitrogens with zero attached hydrogens (tertiary/aromatic N) is 3. The highest BCUT2D eigenvalue weighted by Gasteiger charge is 2.16. The second-order valence-electron chi connectivity index (χ2n) is 8.61. The van der Waals surface area contributed by atoms with Crippen LogP contribution in [-0.2, 0) is 6.42 Å². The van der Waals surface area contributed by atoms with Crippen LogP contribution in [-0.4, -0.2) is 33.8 Å². The van der Waals surface area contributed by atoms with Crippen molar-refractivity contribution in [1.29, 1.82) is 0 Å². The van der Waals surface area contributed by atoms with Gasteiger partial charge in [0.25, 0.3) is 0 Å². The predicted octanol–water partition coefficient (Wildman–Crippen LogP) is 6.34. The van der Waals surface area contributed by atoms with Crippen LogP contribution in [0.25, 0.3) is 5.52 Å². The number of hydrogen-bond acceptors (Lipinski definition) is 5. The number of anilines is 2. The molecule has 0 saturated carbocycles. The average Bonchev–Trinajstić information content (AvgIpc) is 3.27. The number of halogens is 2. The average molecular weight is 496 g/mol. The molecule has 2 aromatic carbocycles. The van der Waals surface area contributed by atoms with Crippen molar-refractivity contribution in [3.63, 3.8) is 0 Å². The first-order valence-corrected chi connectivity index (χ1v) is 12.4. The quantitative estimate of drug-likeness (QED) is 0.224. The number of ether oxygens (including phenoxy) is 1. The summed E-state index contributed by atoms with van der Waals surface area (Å²) in [5.41, 5.74) is 4.00. The molecule has 0 spiro atoms. The molecule has 2 aromatic heterocycles. The van der Waals surface area contributed by atoms with Crippen LogP contribution in [0.3, 0.4) is 0 Å². The van der Waals surface area contributed by atoms with E-state index in [4.69, 9.17) is 16.3 Å². The molecule has 1 unspecified atom stereocenters. The third-order valence-corrected chi connectivity index (χ3v) is 6.23. The largest absolute Gasteiger partial charge is 0.488 e. The molecule has 0 aliphatic rings. The minimum atomic E-state index is -0.466. The molecular weight excluding hydrogens is 465 g/mol. The molecule has 0 amide bonds. The van der Waals surface area contributed by atoms with Gasteiger partial charge in [0.2, 0.25) is 0 Å². The summed E-state index contributed by atoms with van der Waals surface area (Å²) in [7, 11) is 0. The molecule has 0 saturated heterocycles. The Bertz CT molecular complexity index is 1240. The summed E-state index contributed by atoms with van der Waals surface area (Å²) in [4.78, 5) is 4.38. The van der Waals surface area contributed by atoms with Gasteiger partial charge in [-0.25, -0.2) is 13.9 Å². The van der Waals surface area contributed by atoms with Crippen molar-refractivity contribution < 1.29 is 9.13 Å². The van der Waals surface area contributed by atoms with Crippen LogP contribution < -0.4 is 15.4 Å². The number of rotatable bonds is 12. The summed E-state index contributed by atoms with van der Waals surface area (Å²) >= 11 is 5.93. The number of fused-ring (bicyclic) bond motifs is 1. The van der Waals surface area contributed by atoms with E-state index >= 15 is 0 Å². The first-order valence-electron chi connectivity index (χ1n) is 12.0. The minimum absolute atomic E-state index is 0.0467. The molecule has 0 aliphatic heterocycles. The van der Waals surface area contributed by atoms with Gasteiger partial charge < -0.3 is 15.4 Å². The topological polar surface area (TPSA) is 63.5 Å². The summed E-state index contributed by atoms with van der Waals surface area (Å²) in [5.74, 6) is 0.808. The maximum atomic E-state index is 13.5. The fourth-order valence-corrected chi connectivity index (χ4v) is 4.10. The second kappa shape index (κ2) is 12.0. The Morgan fingerprint density at radius 3 is 2.71 bits per heavy atom. The van der Waals surface area contributed by atoms with E-state index in [-0.39, 0.29) is 11.1 Å². The maximum Gasteiger partial charge on any atom is 0.162 e. The van der Waals surface area contributed by atoms with Crippen LogP contribution >= 0.6 is 11.6 Å². The predicted molar refractivity (Wildman–Crippen MR) is 139 cm³/mol. The van der Waals surface area contributed by atoms with Crippen molar-refractivity contribution in [3.8, 4) is 5.75 Å². The van der Waals surface area contributed by atoms with E-state index in [0.29, 0.717) is 17.3 Å². The molecule has 0 aliphatic carbocycles. The summed E-state index contributed by atoms with van der Waals surface area (Å²) in [6.07, 6.45) is 7.26. The highest BCUT2D eigenvalue weighted by molar-refractivity contribution is 6.31. The molecule has 0 radical (unpaired) electrons. The van der Waals surface area contributed by atoms with E-state index in [2.05, 4.69) is 58.8 Å². The molecule has 0 bridgehead atoms.